The molecule has 1 N–H and O–H groups in total. The van der Waals surface area contributed by atoms with E-state index < -0.39 is 0 Å². The minimum atomic E-state index is 0.615. The smallest absolute Gasteiger partial charge is 0.174 e. The second-order valence-corrected chi connectivity index (χ2v) is 5.49. The van der Waals surface area contributed by atoms with Crippen LogP contribution >= 0.6 is 15.9 Å². The van der Waals surface area contributed by atoms with Gasteiger partial charge < -0.3 is 14.8 Å². The van der Waals surface area contributed by atoms with Crippen LogP contribution in [0.5, 0.6) is 11.5 Å². The fraction of sp³-hybridized carbons (Fsp3) is 0.294. The minimum absolute atomic E-state index is 0.615. The number of hydrogen-bond donors (Lipinski definition) is 1. The molecule has 112 valence electrons. The third kappa shape index (κ3) is 4.48. The summed E-state index contributed by atoms with van der Waals surface area (Å²) < 4.78 is 11.9. The second-order valence-electron chi connectivity index (χ2n) is 4.63. The van der Waals surface area contributed by atoms with Crippen LogP contribution in [-0.4, -0.2) is 13.7 Å². The van der Waals surface area contributed by atoms with Crippen molar-refractivity contribution in [2.24, 2.45) is 0 Å². The molecule has 0 aliphatic heterocycles. The Morgan fingerprint density at radius 1 is 1.05 bits per heavy atom. The Bertz CT molecular complexity index is 573. The number of nitrogens with one attached hydrogen (secondary N) is 1. The summed E-state index contributed by atoms with van der Waals surface area (Å²) in [5.74, 6) is 1.51. The fourth-order valence-electron chi connectivity index (χ4n) is 2.13. The Labute approximate surface area is 134 Å². The molecule has 0 fully saturated rings. The SMILES string of the molecule is CCOc1cc(CNCc2ccccc2)cc(Br)c1OC. The normalized spacial score (nSPS) is 10.4. The molecule has 2 aromatic rings. The predicted molar refractivity (Wildman–Crippen MR) is 88.8 cm³/mol. The minimum Gasteiger partial charge on any atom is -0.492 e. The van der Waals surface area contributed by atoms with Crippen LogP contribution in [0.3, 0.4) is 0 Å². The summed E-state index contributed by atoms with van der Waals surface area (Å²) in [5, 5.41) is 3.43. The lowest BCUT2D eigenvalue weighted by Gasteiger charge is -2.13. The van der Waals surface area contributed by atoms with Crippen LogP contribution in [0.15, 0.2) is 46.9 Å². The van der Waals surface area contributed by atoms with Crippen molar-refractivity contribution >= 4 is 15.9 Å². The van der Waals surface area contributed by atoms with Gasteiger partial charge in [-0.1, -0.05) is 30.3 Å². The van der Waals surface area contributed by atoms with Gasteiger partial charge in [-0.2, -0.15) is 0 Å². The van der Waals surface area contributed by atoms with E-state index in [1.807, 2.05) is 31.2 Å². The molecule has 0 atom stereocenters. The van der Waals surface area contributed by atoms with Crippen LogP contribution < -0.4 is 14.8 Å². The van der Waals surface area contributed by atoms with Gasteiger partial charge in [-0.15, -0.1) is 0 Å². The molecule has 21 heavy (non-hydrogen) atoms. The molecule has 0 saturated carbocycles. The average Bonchev–Trinajstić information content (AvgIpc) is 2.48. The molecule has 0 saturated heterocycles. The molecule has 0 aliphatic carbocycles. The largest absolute Gasteiger partial charge is 0.492 e. The van der Waals surface area contributed by atoms with Crippen molar-refractivity contribution in [3.05, 3.63) is 58.1 Å². The van der Waals surface area contributed by atoms with E-state index in [0.717, 1.165) is 34.6 Å². The highest BCUT2D eigenvalue weighted by atomic mass is 79.9. The van der Waals surface area contributed by atoms with Crippen molar-refractivity contribution in [1.82, 2.24) is 5.32 Å². The topological polar surface area (TPSA) is 30.5 Å². The van der Waals surface area contributed by atoms with E-state index in [2.05, 4.69) is 39.4 Å². The molecule has 0 spiro atoms. The van der Waals surface area contributed by atoms with Gasteiger partial charge in [0, 0.05) is 13.1 Å². The monoisotopic (exact) mass is 349 g/mol. The lowest BCUT2D eigenvalue weighted by Crippen LogP contribution is -2.12. The maximum atomic E-state index is 5.63. The molecule has 2 aromatic carbocycles. The van der Waals surface area contributed by atoms with Crippen LogP contribution in [0.2, 0.25) is 0 Å². The fourth-order valence-corrected chi connectivity index (χ4v) is 2.78. The Morgan fingerprint density at radius 2 is 1.76 bits per heavy atom. The van der Waals surface area contributed by atoms with E-state index >= 15 is 0 Å². The molecule has 0 bridgehead atoms. The molecule has 3 nitrogen and oxygen atoms in total. The summed E-state index contributed by atoms with van der Waals surface area (Å²) in [7, 11) is 1.65. The Kier molecular flexibility index (Phi) is 6.08. The molecule has 2 rings (SSSR count). The van der Waals surface area contributed by atoms with Gasteiger partial charge in [-0.3, -0.25) is 0 Å². The average molecular weight is 350 g/mol. The zero-order valence-corrected chi connectivity index (χ0v) is 13.9. The highest BCUT2D eigenvalue weighted by Gasteiger charge is 2.10. The van der Waals surface area contributed by atoms with Gasteiger partial charge in [-0.05, 0) is 46.1 Å². The van der Waals surface area contributed by atoms with E-state index in [4.69, 9.17) is 9.47 Å². The summed E-state index contributed by atoms with van der Waals surface area (Å²) in [6.45, 7) is 4.20. The summed E-state index contributed by atoms with van der Waals surface area (Å²) in [5.41, 5.74) is 2.43. The number of rotatable bonds is 7. The number of ether oxygens (including phenoxy) is 2. The molecular formula is C17H20BrNO2. The van der Waals surface area contributed by atoms with Crippen LogP contribution in [0.1, 0.15) is 18.1 Å². The van der Waals surface area contributed by atoms with Crippen molar-refractivity contribution in [2.75, 3.05) is 13.7 Å². The number of hydrogen-bond acceptors (Lipinski definition) is 3. The molecule has 4 heteroatoms. The first-order valence-corrected chi connectivity index (χ1v) is 7.77. The van der Waals surface area contributed by atoms with E-state index in [0.29, 0.717) is 6.61 Å². The van der Waals surface area contributed by atoms with E-state index in [-0.39, 0.29) is 0 Å². The maximum Gasteiger partial charge on any atom is 0.174 e. The summed E-state index contributed by atoms with van der Waals surface area (Å²) in [6.07, 6.45) is 0. The maximum absolute atomic E-state index is 5.63. The molecule has 0 unspecified atom stereocenters. The van der Waals surface area contributed by atoms with Crippen molar-refractivity contribution in [3.8, 4) is 11.5 Å². The van der Waals surface area contributed by atoms with Gasteiger partial charge in [-0.25, -0.2) is 0 Å². The molecule has 0 radical (unpaired) electrons. The molecule has 0 heterocycles. The van der Waals surface area contributed by atoms with Gasteiger partial charge in [0.05, 0.1) is 18.2 Å². The van der Waals surface area contributed by atoms with Gasteiger partial charge in [0.15, 0.2) is 11.5 Å². The first kappa shape index (κ1) is 15.9. The van der Waals surface area contributed by atoms with Crippen LogP contribution in [0.25, 0.3) is 0 Å². The first-order valence-electron chi connectivity index (χ1n) is 6.98. The summed E-state index contributed by atoms with van der Waals surface area (Å²) in [6, 6.07) is 14.4. The number of benzene rings is 2. The highest BCUT2D eigenvalue weighted by Crippen LogP contribution is 2.36. The molecule has 0 aliphatic rings. The van der Waals surface area contributed by atoms with Crippen molar-refractivity contribution in [1.29, 1.82) is 0 Å². The lowest BCUT2D eigenvalue weighted by molar-refractivity contribution is 0.309. The van der Waals surface area contributed by atoms with Gasteiger partial charge in [0.2, 0.25) is 0 Å². The molecule has 0 aromatic heterocycles. The zero-order chi connectivity index (χ0) is 15.1. The van der Waals surface area contributed by atoms with Crippen LogP contribution in [-0.2, 0) is 13.1 Å². The van der Waals surface area contributed by atoms with Gasteiger partial charge >= 0.3 is 0 Å². The highest BCUT2D eigenvalue weighted by molar-refractivity contribution is 9.10. The van der Waals surface area contributed by atoms with Crippen molar-refractivity contribution in [2.45, 2.75) is 20.0 Å². The van der Waals surface area contributed by atoms with Crippen LogP contribution in [0, 0.1) is 0 Å². The predicted octanol–water partition coefficient (Wildman–Crippen LogP) is 4.15. The second kappa shape index (κ2) is 8.05. The number of halogens is 1. The molecular weight excluding hydrogens is 330 g/mol. The van der Waals surface area contributed by atoms with E-state index in [9.17, 15) is 0 Å². The van der Waals surface area contributed by atoms with Crippen molar-refractivity contribution < 1.29 is 9.47 Å². The quantitative estimate of drug-likeness (QED) is 0.814. The standard InChI is InChI=1S/C17H20BrNO2/c1-3-21-16-10-14(9-15(18)17(16)20-2)12-19-11-13-7-5-4-6-8-13/h4-10,19H,3,11-12H2,1-2H3. The summed E-state index contributed by atoms with van der Waals surface area (Å²) in [4.78, 5) is 0. The summed E-state index contributed by atoms with van der Waals surface area (Å²) >= 11 is 3.53. The zero-order valence-electron chi connectivity index (χ0n) is 12.4. The first-order chi connectivity index (χ1) is 10.2. The Hall–Kier alpha value is -1.52. The van der Waals surface area contributed by atoms with Crippen LogP contribution in [0.4, 0.5) is 0 Å². The third-order valence-corrected chi connectivity index (χ3v) is 3.66. The Morgan fingerprint density at radius 3 is 2.43 bits per heavy atom. The number of methoxy groups -OCH3 is 1. The van der Waals surface area contributed by atoms with E-state index in [1.54, 1.807) is 7.11 Å². The van der Waals surface area contributed by atoms with Gasteiger partial charge in [0.25, 0.3) is 0 Å². The van der Waals surface area contributed by atoms with E-state index in [1.165, 1.54) is 5.56 Å². The Balaban J connectivity index is 2.03. The van der Waals surface area contributed by atoms with Gasteiger partial charge in [0.1, 0.15) is 0 Å². The lowest BCUT2D eigenvalue weighted by atomic mass is 10.2. The van der Waals surface area contributed by atoms with Crippen molar-refractivity contribution in [3.63, 3.8) is 0 Å². The molecule has 0 amide bonds. The third-order valence-electron chi connectivity index (χ3n) is 3.07.